The van der Waals surface area contributed by atoms with Crippen molar-refractivity contribution in [1.82, 2.24) is 0 Å². The van der Waals surface area contributed by atoms with Gasteiger partial charge in [0.2, 0.25) is 0 Å². The molecule has 0 aromatic heterocycles. The van der Waals surface area contributed by atoms with Crippen LogP contribution in [-0.2, 0) is 26.2 Å². The zero-order valence-corrected chi connectivity index (χ0v) is 23.0. The molecule has 0 atom stereocenters. The van der Waals surface area contributed by atoms with Gasteiger partial charge in [0, 0.05) is 11.1 Å². The van der Waals surface area contributed by atoms with E-state index in [0.717, 1.165) is 22.3 Å². The summed E-state index contributed by atoms with van der Waals surface area (Å²) >= 11 is 0. The first-order chi connectivity index (χ1) is 17.8. The number of hydrogen-bond acceptors (Lipinski definition) is 2. The predicted octanol–water partition coefficient (Wildman–Crippen LogP) is 8.93. The molecule has 3 heteroatoms. The van der Waals surface area contributed by atoms with Crippen LogP contribution < -0.4 is 0 Å². The molecule has 0 unspecified atom stereocenters. The van der Waals surface area contributed by atoms with Gasteiger partial charge in [-0.15, -0.1) is 0 Å². The number of para-hydroxylation sites is 2. The van der Waals surface area contributed by atoms with Crippen molar-refractivity contribution < 1.29 is 36.4 Å². The van der Waals surface area contributed by atoms with E-state index in [-0.39, 0.29) is 26.2 Å². The first-order valence-corrected chi connectivity index (χ1v) is 11.8. The Balaban J connectivity index is 0.000000187. The van der Waals surface area contributed by atoms with E-state index in [9.17, 15) is 10.2 Å². The maximum atomic E-state index is 9.56. The molecule has 6 aromatic rings. The van der Waals surface area contributed by atoms with Crippen LogP contribution in [0.4, 0.5) is 0 Å². The summed E-state index contributed by atoms with van der Waals surface area (Å²) in [5, 5.41) is 19.1. The fourth-order valence-corrected chi connectivity index (χ4v) is 3.31. The fraction of sp³-hybridized carbons (Fsp3) is 0. The Morgan fingerprint density at radius 3 is 0.919 bits per heavy atom. The summed E-state index contributed by atoms with van der Waals surface area (Å²) in [6, 6.07) is 54.4. The molecule has 2 N–H and O–H groups in total. The van der Waals surface area contributed by atoms with E-state index in [1.807, 2.05) is 158 Å². The monoisotopic (exact) mass is 560 g/mol. The Kier molecular flexibility index (Phi) is 13.8. The molecular weight excluding hydrogens is 532 g/mol. The second-order valence-electron chi connectivity index (χ2n) is 7.69. The van der Waals surface area contributed by atoms with Crippen LogP contribution in [0, 0.1) is 0 Å². The molecule has 0 bridgehead atoms. The van der Waals surface area contributed by atoms with Crippen LogP contribution in [0.5, 0.6) is 11.5 Å². The molecule has 0 aliphatic heterocycles. The van der Waals surface area contributed by atoms with Gasteiger partial charge in [0.1, 0.15) is 11.5 Å². The molecule has 0 aliphatic rings. The Labute approximate surface area is 239 Å². The minimum atomic E-state index is 0. The van der Waals surface area contributed by atoms with Crippen molar-refractivity contribution in [3.63, 3.8) is 0 Å². The molecule has 0 fully saturated rings. The summed E-state index contributed by atoms with van der Waals surface area (Å²) in [5.41, 5.74) is 3.84. The second-order valence-corrected chi connectivity index (χ2v) is 7.69. The van der Waals surface area contributed by atoms with Crippen molar-refractivity contribution in [1.29, 1.82) is 0 Å². The molecule has 0 heterocycles. The zero-order chi connectivity index (χ0) is 25.3. The van der Waals surface area contributed by atoms with Crippen molar-refractivity contribution in [2.45, 2.75) is 0 Å². The predicted molar refractivity (Wildman–Crippen MR) is 151 cm³/mol. The SMILES string of the molecule is Oc1ccccc1-c1ccccc1.Oc1ccccc1-c1ccccc1.[Zr+2].c1cc[cH-]c1.c1cc[cH-]c1. The fourth-order valence-electron chi connectivity index (χ4n) is 3.31. The van der Waals surface area contributed by atoms with E-state index < -0.39 is 0 Å². The third-order valence-electron chi connectivity index (χ3n) is 5.09. The summed E-state index contributed by atoms with van der Waals surface area (Å²) in [7, 11) is 0. The van der Waals surface area contributed by atoms with Crippen molar-refractivity contribution in [3.05, 3.63) is 170 Å². The molecule has 0 amide bonds. The van der Waals surface area contributed by atoms with Gasteiger partial charge < -0.3 is 10.2 Å². The van der Waals surface area contributed by atoms with Crippen LogP contribution in [0.1, 0.15) is 0 Å². The minimum absolute atomic E-state index is 0. The minimum Gasteiger partial charge on any atom is -0.507 e. The van der Waals surface area contributed by atoms with Crippen LogP contribution in [0.15, 0.2) is 170 Å². The van der Waals surface area contributed by atoms with E-state index in [4.69, 9.17) is 0 Å². The van der Waals surface area contributed by atoms with E-state index >= 15 is 0 Å². The number of phenols is 2. The molecule has 0 saturated carbocycles. The summed E-state index contributed by atoms with van der Waals surface area (Å²) in [6.45, 7) is 0. The third-order valence-corrected chi connectivity index (χ3v) is 5.09. The topological polar surface area (TPSA) is 40.5 Å². The molecule has 182 valence electrons. The van der Waals surface area contributed by atoms with E-state index in [0.29, 0.717) is 11.5 Å². The second kappa shape index (κ2) is 17.5. The van der Waals surface area contributed by atoms with Crippen molar-refractivity contribution >= 4 is 0 Å². The molecule has 0 radical (unpaired) electrons. The molecule has 6 rings (SSSR count). The van der Waals surface area contributed by atoms with Crippen LogP contribution in [0.2, 0.25) is 0 Å². The maximum Gasteiger partial charge on any atom is 2.00 e. The molecule has 0 saturated heterocycles. The van der Waals surface area contributed by atoms with Gasteiger partial charge in [-0.2, -0.15) is 36.4 Å². The Hall–Kier alpha value is -3.94. The smallest absolute Gasteiger partial charge is 0.507 e. The molecule has 0 aliphatic carbocycles. The quantitative estimate of drug-likeness (QED) is 0.207. The number of rotatable bonds is 2. The van der Waals surface area contributed by atoms with Gasteiger partial charge in [0.15, 0.2) is 0 Å². The van der Waals surface area contributed by atoms with Crippen LogP contribution in [0.25, 0.3) is 22.3 Å². The van der Waals surface area contributed by atoms with Crippen LogP contribution in [-0.4, -0.2) is 10.2 Å². The van der Waals surface area contributed by atoms with Gasteiger partial charge in [-0.05, 0) is 23.3 Å². The summed E-state index contributed by atoms with van der Waals surface area (Å²) < 4.78 is 0. The van der Waals surface area contributed by atoms with Gasteiger partial charge in [0.25, 0.3) is 0 Å². The molecule has 0 spiro atoms. The number of hydrogen-bond donors (Lipinski definition) is 2. The summed E-state index contributed by atoms with van der Waals surface area (Å²) in [4.78, 5) is 0. The number of aromatic hydroxyl groups is 2. The average molecular weight is 562 g/mol. The van der Waals surface area contributed by atoms with Gasteiger partial charge in [0.05, 0.1) is 0 Å². The standard InChI is InChI=1S/2C12H10O.2C5H5.Zr/c2*13-12-9-5-4-8-11(12)10-6-2-1-3-7-10;2*1-2-4-5-3-1;/h2*1-9,13H;2*1-5H;/q;;2*-1;+2. The number of phenolic OH excluding ortho intramolecular Hbond substituents is 2. The van der Waals surface area contributed by atoms with E-state index in [2.05, 4.69) is 0 Å². The van der Waals surface area contributed by atoms with Gasteiger partial charge >= 0.3 is 26.2 Å². The van der Waals surface area contributed by atoms with Crippen molar-refractivity contribution in [3.8, 4) is 33.8 Å². The molecule has 2 nitrogen and oxygen atoms in total. The Morgan fingerprint density at radius 2 is 0.649 bits per heavy atom. The Morgan fingerprint density at radius 1 is 0.351 bits per heavy atom. The maximum absolute atomic E-state index is 9.56. The first-order valence-electron chi connectivity index (χ1n) is 11.8. The van der Waals surface area contributed by atoms with Crippen LogP contribution in [0.3, 0.4) is 0 Å². The van der Waals surface area contributed by atoms with Gasteiger partial charge in [-0.1, -0.05) is 97.1 Å². The largest absolute Gasteiger partial charge is 2.00 e. The van der Waals surface area contributed by atoms with E-state index in [1.165, 1.54) is 0 Å². The van der Waals surface area contributed by atoms with Gasteiger partial charge in [-0.3, -0.25) is 0 Å². The average Bonchev–Trinajstić information content (AvgIpc) is 3.71. The zero-order valence-electron chi connectivity index (χ0n) is 20.6. The molecule has 37 heavy (non-hydrogen) atoms. The summed E-state index contributed by atoms with van der Waals surface area (Å²) in [6.07, 6.45) is 0. The van der Waals surface area contributed by atoms with Gasteiger partial charge in [-0.25, -0.2) is 24.3 Å². The number of benzene rings is 4. The van der Waals surface area contributed by atoms with Crippen LogP contribution >= 0.6 is 0 Å². The van der Waals surface area contributed by atoms with E-state index in [1.54, 1.807) is 12.1 Å². The normalized spacial score (nSPS) is 9.08. The first kappa shape index (κ1) is 29.3. The molecular formula is C34H30O2Zr. The summed E-state index contributed by atoms with van der Waals surface area (Å²) in [5.74, 6) is 0.655. The molecule has 6 aromatic carbocycles. The van der Waals surface area contributed by atoms with Crippen molar-refractivity contribution in [2.75, 3.05) is 0 Å². The third kappa shape index (κ3) is 10.7. The Bertz CT molecular complexity index is 1190. The van der Waals surface area contributed by atoms with Crippen molar-refractivity contribution in [2.24, 2.45) is 0 Å².